The summed E-state index contributed by atoms with van der Waals surface area (Å²) in [5.41, 5.74) is 6.67. The van der Waals surface area contributed by atoms with Gasteiger partial charge < -0.3 is 10.2 Å². The quantitative estimate of drug-likeness (QED) is 0.710. The van der Waals surface area contributed by atoms with Gasteiger partial charge in [0, 0.05) is 17.7 Å². The first-order valence-corrected chi connectivity index (χ1v) is 5.21. The van der Waals surface area contributed by atoms with E-state index in [0.29, 0.717) is 13.2 Å². The molecule has 4 heteroatoms. The van der Waals surface area contributed by atoms with Crippen LogP contribution in [0.4, 0.5) is 0 Å². The number of benzene rings is 1. The molecule has 0 saturated carbocycles. The van der Waals surface area contributed by atoms with Gasteiger partial charge in [-0.2, -0.15) is 5.26 Å². The van der Waals surface area contributed by atoms with E-state index in [2.05, 4.69) is 11.5 Å². The topological polar surface area (TPSA) is 48.3 Å². The van der Waals surface area contributed by atoms with E-state index in [-0.39, 0.29) is 0 Å². The highest BCUT2D eigenvalue weighted by Crippen LogP contribution is 2.33. The van der Waals surface area contributed by atoms with Crippen LogP contribution in [0.3, 0.4) is 0 Å². The minimum atomic E-state index is 0.384. The number of nitrogens with zero attached hydrogens (tertiary/aromatic N) is 2. The molecule has 4 nitrogen and oxygen atoms in total. The lowest BCUT2D eigenvalue weighted by Crippen LogP contribution is -2.31. The third-order valence-corrected chi connectivity index (χ3v) is 2.83. The fourth-order valence-corrected chi connectivity index (χ4v) is 2.10. The molecule has 3 rings (SSSR count). The summed E-state index contributed by atoms with van der Waals surface area (Å²) in [6.07, 6.45) is 0. The average molecular weight is 213 g/mol. The summed E-state index contributed by atoms with van der Waals surface area (Å²) in [6, 6.07) is 10.1. The van der Waals surface area contributed by atoms with Gasteiger partial charge in [0.2, 0.25) is 0 Å². The second-order valence-corrected chi connectivity index (χ2v) is 3.89. The lowest BCUT2D eigenvalue weighted by molar-refractivity contribution is 0.293. The summed E-state index contributed by atoms with van der Waals surface area (Å²) in [7, 11) is 0. The van der Waals surface area contributed by atoms with E-state index in [1.807, 2.05) is 29.3 Å². The zero-order chi connectivity index (χ0) is 11.0. The number of fused-ring (bicyclic) bond motifs is 2. The van der Waals surface area contributed by atoms with Crippen molar-refractivity contribution in [2.24, 2.45) is 0 Å². The van der Waals surface area contributed by atoms with Crippen molar-refractivity contribution in [3.8, 4) is 11.8 Å². The Balaban J connectivity index is 1.94. The van der Waals surface area contributed by atoms with Gasteiger partial charge >= 0.3 is 0 Å². The molecular formula is C12H11N3O. The molecule has 80 valence electrons. The predicted molar refractivity (Wildman–Crippen MR) is 59.2 cm³/mol. The third kappa shape index (κ3) is 1.34. The molecule has 16 heavy (non-hydrogen) atoms. The summed E-state index contributed by atoms with van der Waals surface area (Å²) in [6.45, 7) is 1.76. The van der Waals surface area contributed by atoms with Gasteiger partial charge in [-0.15, -0.1) is 0 Å². The van der Waals surface area contributed by atoms with E-state index in [0.717, 1.165) is 23.6 Å². The number of para-hydroxylation sites is 1. The maximum atomic E-state index is 8.67. The Labute approximate surface area is 93.7 Å². The highest BCUT2D eigenvalue weighted by Gasteiger charge is 2.27. The van der Waals surface area contributed by atoms with E-state index in [1.165, 1.54) is 5.57 Å². The molecular weight excluding hydrogens is 202 g/mol. The fraction of sp³-hybridized carbons (Fsp3) is 0.250. The second-order valence-electron chi connectivity index (χ2n) is 3.89. The Morgan fingerprint density at radius 1 is 1.44 bits per heavy atom. The van der Waals surface area contributed by atoms with Crippen LogP contribution in [0.2, 0.25) is 0 Å². The lowest BCUT2D eigenvalue weighted by atomic mass is 10.0. The second kappa shape index (κ2) is 3.54. The number of nitriles is 1. The van der Waals surface area contributed by atoms with Crippen LogP contribution in [0.1, 0.15) is 5.56 Å². The molecule has 0 saturated heterocycles. The molecule has 0 radical (unpaired) electrons. The lowest BCUT2D eigenvalue weighted by Gasteiger charge is -2.18. The molecule has 0 bridgehead atoms. The van der Waals surface area contributed by atoms with Crippen LogP contribution in [0.25, 0.3) is 5.70 Å². The molecule has 0 aliphatic carbocycles. The minimum absolute atomic E-state index is 0.384. The first kappa shape index (κ1) is 9.25. The van der Waals surface area contributed by atoms with Crippen LogP contribution in [0.5, 0.6) is 5.75 Å². The first-order valence-electron chi connectivity index (χ1n) is 5.21. The van der Waals surface area contributed by atoms with Crippen LogP contribution < -0.4 is 10.2 Å². The summed E-state index contributed by atoms with van der Waals surface area (Å²) in [5, 5.41) is 10.6. The zero-order valence-corrected chi connectivity index (χ0v) is 8.73. The zero-order valence-electron chi connectivity index (χ0n) is 8.73. The van der Waals surface area contributed by atoms with Crippen molar-refractivity contribution >= 4 is 5.70 Å². The number of nitrogens with one attached hydrogen (secondary N) is 1. The van der Waals surface area contributed by atoms with Gasteiger partial charge in [0.15, 0.2) is 0 Å². The molecule has 1 aromatic rings. The van der Waals surface area contributed by atoms with Crippen molar-refractivity contribution in [1.29, 1.82) is 5.26 Å². The Hall–Kier alpha value is -1.99. The normalized spacial score (nSPS) is 18.2. The number of hydrazine groups is 1. The largest absolute Gasteiger partial charge is 0.488 e. The molecule has 0 spiro atoms. The van der Waals surface area contributed by atoms with Crippen molar-refractivity contribution in [2.45, 2.75) is 0 Å². The maximum Gasteiger partial charge on any atom is 0.129 e. The van der Waals surface area contributed by atoms with Gasteiger partial charge in [-0.25, -0.2) is 5.01 Å². The van der Waals surface area contributed by atoms with Crippen LogP contribution in [-0.2, 0) is 0 Å². The molecule has 0 aromatic heterocycles. The number of ether oxygens (including phenoxy) is 1. The highest BCUT2D eigenvalue weighted by molar-refractivity contribution is 5.75. The number of rotatable bonds is 1. The Kier molecular flexibility index (Phi) is 2.05. The molecule has 2 aliphatic rings. The van der Waals surface area contributed by atoms with Crippen molar-refractivity contribution in [2.75, 3.05) is 19.7 Å². The van der Waals surface area contributed by atoms with Crippen LogP contribution >= 0.6 is 0 Å². The SMILES string of the molecule is N#CCN1CC2=C(N1)c1ccccc1OC2. The summed E-state index contributed by atoms with van der Waals surface area (Å²) in [5.74, 6) is 0.910. The van der Waals surface area contributed by atoms with Gasteiger partial charge in [-0.3, -0.25) is 0 Å². The molecule has 2 aliphatic heterocycles. The van der Waals surface area contributed by atoms with Gasteiger partial charge in [0.1, 0.15) is 18.9 Å². The monoisotopic (exact) mass is 213 g/mol. The number of hydrogen-bond donors (Lipinski definition) is 1. The molecule has 0 fully saturated rings. The fourth-order valence-electron chi connectivity index (χ4n) is 2.10. The van der Waals surface area contributed by atoms with Crippen molar-refractivity contribution in [3.63, 3.8) is 0 Å². The predicted octanol–water partition coefficient (Wildman–Crippen LogP) is 1.13. The molecule has 0 amide bonds. The first-order chi connectivity index (χ1) is 7.88. The summed E-state index contributed by atoms with van der Waals surface area (Å²) >= 11 is 0. The Morgan fingerprint density at radius 2 is 2.31 bits per heavy atom. The van der Waals surface area contributed by atoms with Crippen molar-refractivity contribution in [3.05, 3.63) is 35.4 Å². The van der Waals surface area contributed by atoms with E-state index < -0.39 is 0 Å². The Bertz CT molecular complexity index is 501. The highest BCUT2D eigenvalue weighted by atomic mass is 16.5. The van der Waals surface area contributed by atoms with Gasteiger partial charge in [0.25, 0.3) is 0 Å². The van der Waals surface area contributed by atoms with Gasteiger partial charge in [0.05, 0.1) is 11.8 Å². The van der Waals surface area contributed by atoms with Crippen LogP contribution in [0.15, 0.2) is 29.8 Å². The van der Waals surface area contributed by atoms with E-state index in [4.69, 9.17) is 10.00 Å². The number of hydrogen-bond acceptors (Lipinski definition) is 4. The minimum Gasteiger partial charge on any atom is -0.488 e. The summed E-state index contributed by atoms with van der Waals surface area (Å²) < 4.78 is 5.66. The van der Waals surface area contributed by atoms with Crippen molar-refractivity contribution in [1.82, 2.24) is 10.4 Å². The van der Waals surface area contributed by atoms with E-state index >= 15 is 0 Å². The average Bonchev–Trinajstić information content (AvgIpc) is 2.72. The van der Waals surface area contributed by atoms with E-state index in [9.17, 15) is 0 Å². The molecule has 0 atom stereocenters. The standard InChI is InChI=1S/C12H11N3O/c13-5-6-15-7-9-8-16-11-4-2-1-3-10(11)12(9)14-15/h1-4,14H,6-8H2. The van der Waals surface area contributed by atoms with Gasteiger partial charge in [-0.1, -0.05) is 12.1 Å². The molecule has 2 heterocycles. The van der Waals surface area contributed by atoms with Gasteiger partial charge in [-0.05, 0) is 12.1 Å². The van der Waals surface area contributed by atoms with Crippen LogP contribution in [0, 0.1) is 11.3 Å². The smallest absolute Gasteiger partial charge is 0.129 e. The maximum absolute atomic E-state index is 8.67. The molecule has 0 unspecified atom stereocenters. The van der Waals surface area contributed by atoms with E-state index in [1.54, 1.807) is 0 Å². The molecule has 1 aromatic carbocycles. The third-order valence-electron chi connectivity index (χ3n) is 2.83. The summed E-state index contributed by atoms with van der Waals surface area (Å²) in [4.78, 5) is 0. The Morgan fingerprint density at radius 3 is 3.19 bits per heavy atom. The van der Waals surface area contributed by atoms with Crippen molar-refractivity contribution < 1.29 is 4.74 Å². The molecule has 1 N–H and O–H groups in total. The van der Waals surface area contributed by atoms with Crippen LogP contribution in [-0.4, -0.2) is 24.7 Å².